The summed E-state index contributed by atoms with van der Waals surface area (Å²) in [5, 5.41) is 46.7. The minimum Gasteiger partial charge on any atom is -0.455 e. The third kappa shape index (κ3) is 3.78. The number of carbonyl (C=O) groups is 3. The van der Waals surface area contributed by atoms with Crippen LogP contribution in [0.1, 0.15) is 61.8 Å². The SMILES string of the molecule is C=C/C=C/C(=O)OC1C(C)C2(O)C(C3OC3(CO)C(O)C3(O)C(=O)C(C)=CC32)C2C(C)(C)C12OC(=O)C(C)CC.CC. The number of hydrogen-bond acceptors (Lipinski definition) is 10. The van der Waals surface area contributed by atoms with Gasteiger partial charge in [0, 0.05) is 35.2 Å². The molecule has 0 aromatic carbocycles. The number of esters is 2. The van der Waals surface area contributed by atoms with Crippen molar-refractivity contribution in [1.82, 2.24) is 0 Å². The lowest BCUT2D eigenvalue weighted by atomic mass is 9.58. The average Bonchev–Trinajstić information content (AvgIpc) is 3.79. The summed E-state index contributed by atoms with van der Waals surface area (Å²) in [6.45, 7) is 17.2. The monoisotopic (exact) mass is 590 g/mol. The lowest BCUT2D eigenvalue weighted by Crippen LogP contribution is -2.69. The zero-order valence-corrected chi connectivity index (χ0v) is 25.8. The number of aliphatic hydroxyl groups excluding tert-OH is 2. The molecule has 5 rings (SSSR count). The quantitative estimate of drug-likeness (QED) is 0.149. The van der Waals surface area contributed by atoms with E-state index >= 15 is 0 Å². The van der Waals surface area contributed by atoms with E-state index in [-0.39, 0.29) is 5.57 Å². The first kappa shape index (κ1) is 32.5. The first-order valence-corrected chi connectivity index (χ1v) is 15.0. The van der Waals surface area contributed by atoms with Gasteiger partial charge in [-0.3, -0.25) is 9.59 Å². The maximum Gasteiger partial charge on any atom is 0.331 e. The summed E-state index contributed by atoms with van der Waals surface area (Å²) in [6, 6.07) is 0. The molecule has 0 amide bonds. The molecule has 10 nitrogen and oxygen atoms in total. The summed E-state index contributed by atoms with van der Waals surface area (Å²) in [4.78, 5) is 39.7. The molecule has 234 valence electrons. The van der Waals surface area contributed by atoms with Gasteiger partial charge >= 0.3 is 11.9 Å². The largest absolute Gasteiger partial charge is 0.455 e. The van der Waals surface area contributed by atoms with Crippen LogP contribution in [0.3, 0.4) is 0 Å². The summed E-state index contributed by atoms with van der Waals surface area (Å²) < 4.78 is 18.2. The summed E-state index contributed by atoms with van der Waals surface area (Å²) in [5.74, 6) is -6.36. The molecule has 4 N–H and O–H groups in total. The van der Waals surface area contributed by atoms with Crippen molar-refractivity contribution < 1.29 is 49.0 Å². The second-order valence-corrected chi connectivity index (χ2v) is 12.9. The van der Waals surface area contributed by atoms with Crippen LogP contribution in [0, 0.1) is 35.0 Å². The van der Waals surface area contributed by atoms with Gasteiger partial charge in [0.2, 0.25) is 0 Å². The van der Waals surface area contributed by atoms with Gasteiger partial charge in [-0.25, -0.2) is 4.79 Å². The van der Waals surface area contributed by atoms with Crippen molar-refractivity contribution in [1.29, 1.82) is 0 Å². The van der Waals surface area contributed by atoms with E-state index < -0.39 is 100 Å². The van der Waals surface area contributed by atoms with Gasteiger partial charge in [0.1, 0.15) is 17.8 Å². The first-order chi connectivity index (χ1) is 19.6. The fourth-order valence-corrected chi connectivity index (χ4v) is 8.41. The van der Waals surface area contributed by atoms with Crippen molar-refractivity contribution in [3.8, 4) is 0 Å². The van der Waals surface area contributed by atoms with Crippen LogP contribution in [0.25, 0.3) is 0 Å². The Bertz CT molecular complexity index is 1220. The Balaban J connectivity index is 0.00000198. The minimum atomic E-state index is -2.50. The van der Waals surface area contributed by atoms with Crippen LogP contribution in [-0.4, -0.2) is 85.5 Å². The topological polar surface area (TPSA) is 163 Å². The van der Waals surface area contributed by atoms with Crippen LogP contribution >= 0.6 is 0 Å². The highest BCUT2D eigenvalue weighted by Crippen LogP contribution is 2.79. The number of hydrogen-bond donors (Lipinski definition) is 4. The summed E-state index contributed by atoms with van der Waals surface area (Å²) in [6.07, 6.45) is 1.94. The Morgan fingerprint density at radius 2 is 1.86 bits per heavy atom. The van der Waals surface area contributed by atoms with E-state index in [4.69, 9.17) is 14.2 Å². The third-order valence-electron chi connectivity index (χ3n) is 10.9. The second kappa shape index (κ2) is 10.4. The number of ketones is 1. The number of ether oxygens (including phenoxy) is 3. The Labute approximate surface area is 247 Å². The molecular formula is C32H46O10. The fraction of sp³-hybridized carbons (Fsp3) is 0.719. The van der Waals surface area contributed by atoms with E-state index in [1.165, 1.54) is 31.2 Å². The van der Waals surface area contributed by atoms with Crippen molar-refractivity contribution in [2.45, 2.75) is 103 Å². The Hall–Kier alpha value is -2.37. The first-order valence-electron chi connectivity index (χ1n) is 15.0. The van der Waals surface area contributed by atoms with E-state index in [1.807, 2.05) is 34.6 Å². The molecule has 0 spiro atoms. The molecule has 10 heteroatoms. The molecule has 0 radical (unpaired) electrons. The van der Waals surface area contributed by atoms with E-state index in [0.717, 1.165) is 0 Å². The van der Waals surface area contributed by atoms with Crippen molar-refractivity contribution in [2.24, 2.45) is 35.0 Å². The van der Waals surface area contributed by atoms with Gasteiger partial charge in [-0.2, -0.15) is 0 Å². The van der Waals surface area contributed by atoms with Gasteiger partial charge in [0.15, 0.2) is 17.0 Å². The van der Waals surface area contributed by atoms with Gasteiger partial charge in [0.05, 0.1) is 24.2 Å². The number of aliphatic hydroxyl groups is 4. The molecule has 0 aromatic rings. The molecule has 1 aliphatic heterocycles. The third-order valence-corrected chi connectivity index (χ3v) is 10.9. The number of rotatable bonds is 7. The van der Waals surface area contributed by atoms with Crippen LogP contribution in [0.2, 0.25) is 0 Å². The predicted molar refractivity (Wildman–Crippen MR) is 152 cm³/mol. The van der Waals surface area contributed by atoms with Crippen LogP contribution in [0.5, 0.6) is 0 Å². The lowest BCUT2D eigenvalue weighted by Gasteiger charge is -2.53. The van der Waals surface area contributed by atoms with Gasteiger partial charge in [-0.1, -0.05) is 73.3 Å². The molecule has 0 bridgehead atoms. The molecule has 4 fully saturated rings. The zero-order chi connectivity index (χ0) is 31.8. The molecule has 0 aromatic heterocycles. The molecule has 42 heavy (non-hydrogen) atoms. The number of allylic oxidation sites excluding steroid dienone is 2. The van der Waals surface area contributed by atoms with Gasteiger partial charge < -0.3 is 34.6 Å². The Kier molecular flexibility index (Phi) is 8.03. The van der Waals surface area contributed by atoms with E-state index in [2.05, 4.69) is 6.58 Å². The van der Waals surface area contributed by atoms with Crippen LogP contribution in [0.4, 0.5) is 0 Å². The Morgan fingerprint density at radius 3 is 2.40 bits per heavy atom. The maximum absolute atomic E-state index is 13.4. The van der Waals surface area contributed by atoms with Crippen molar-refractivity contribution >= 4 is 17.7 Å². The van der Waals surface area contributed by atoms with Gasteiger partial charge in [-0.05, 0) is 18.9 Å². The summed E-state index contributed by atoms with van der Waals surface area (Å²) in [5.41, 5.74) is -8.28. The second-order valence-electron chi connectivity index (χ2n) is 12.9. The lowest BCUT2D eigenvalue weighted by molar-refractivity contribution is -0.244. The Morgan fingerprint density at radius 1 is 1.24 bits per heavy atom. The van der Waals surface area contributed by atoms with Crippen LogP contribution < -0.4 is 0 Å². The number of fused-ring (bicyclic) bond motifs is 7. The average molecular weight is 591 g/mol. The summed E-state index contributed by atoms with van der Waals surface area (Å²) >= 11 is 0. The van der Waals surface area contributed by atoms with Crippen molar-refractivity contribution in [2.75, 3.05) is 6.61 Å². The van der Waals surface area contributed by atoms with Gasteiger partial charge in [0.25, 0.3) is 0 Å². The standard InChI is InChI=1S/C30H40O10.C2H6/c1-8-10-11-18(32)38-22-16(5)28(36)17-12-15(4)21(33)29(17,37)25(35)27(13-31)23(39-27)19(28)20-26(6,7)30(20,22)40-24(34)14(3)9-2;1-2/h8,10-12,14,16-17,19-20,22-23,25,31,35-37H,1,9,13H2,2-7H3;1-2H3/b11-10+;. The highest BCUT2D eigenvalue weighted by Gasteiger charge is 2.93. The molecule has 12 unspecified atom stereocenters. The van der Waals surface area contributed by atoms with E-state index in [0.29, 0.717) is 6.42 Å². The number of epoxide rings is 1. The molecule has 1 saturated heterocycles. The maximum atomic E-state index is 13.4. The van der Waals surface area contributed by atoms with Crippen LogP contribution in [0.15, 0.2) is 36.5 Å². The number of Topliss-reactive ketones (excluding diaryl/α,β-unsaturated/α-hetero) is 1. The van der Waals surface area contributed by atoms with E-state index in [9.17, 15) is 34.8 Å². The fourth-order valence-electron chi connectivity index (χ4n) is 8.41. The van der Waals surface area contributed by atoms with Crippen molar-refractivity contribution in [3.05, 3.63) is 36.5 Å². The normalized spacial score (nSPS) is 46.3. The summed E-state index contributed by atoms with van der Waals surface area (Å²) in [7, 11) is 0. The predicted octanol–water partition coefficient (Wildman–Crippen LogP) is 2.03. The number of carbonyl (C=O) groups excluding carboxylic acids is 3. The smallest absolute Gasteiger partial charge is 0.331 e. The van der Waals surface area contributed by atoms with Crippen molar-refractivity contribution in [3.63, 3.8) is 0 Å². The molecule has 3 saturated carbocycles. The highest BCUT2D eigenvalue weighted by molar-refractivity contribution is 6.05. The highest BCUT2D eigenvalue weighted by atomic mass is 16.6. The molecular weight excluding hydrogens is 544 g/mol. The molecule has 12 atom stereocenters. The zero-order valence-electron chi connectivity index (χ0n) is 25.8. The van der Waals surface area contributed by atoms with Gasteiger partial charge in [-0.15, -0.1) is 0 Å². The molecule has 4 aliphatic carbocycles. The molecule has 1 heterocycles. The van der Waals surface area contributed by atoms with Crippen LogP contribution in [-0.2, 0) is 28.6 Å². The van der Waals surface area contributed by atoms with E-state index in [1.54, 1.807) is 13.8 Å². The molecule has 5 aliphatic rings. The minimum absolute atomic E-state index is 0.149.